The average molecular weight is 397 g/mol. The minimum absolute atomic E-state index is 0.0192. The van der Waals surface area contributed by atoms with Gasteiger partial charge in [-0.15, -0.1) is 0 Å². The molecule has 29 heavy (non-hydrogen) atoms. The van der Waals surface area contributed by atoms with Crippen molar-refractivity contribution in [1.82, 2.24) is 4.90 Å². The van der Waals surface area contributed by atoms with Gasteiger partial charge in [0.05, 0.1) is 25.4 Å². The summed E-state index contributed by atoms with van der Waals surface area (Å²) in [5.74, 6) is 2.29. The Morgan fingerprint density at radius 1 is 1.14 bits per heavy atom. The van der Waals surface area contributed by atoms with Gasteiger partial charge in [0.1, 0.15) is 11.5 Å². The van der Waals surface area contributed by atoms with Gasteiger partial charge in [-0.2, -0.15) is 0 Å². The van der Waals surface area contributed by atoms with Crippen LogP contribution in [0.5, 0.6) is 11.5 Å². The standard InChI is InChI=1S/C24H32N2O3/c1-4-29-23-8-6-5-7-22(23)25-24(27)18(2)26-15-13-20(14-16-26)17-19-9-11-21(28-3)12-10-19/h5-12,18,20H,4,13-17H2,1-3H3,(H,25,27). The van der Waals surface area contributed by atoms with E-state index in [0.29, 0.717) is 18.3 Å². The van der Waals surface area contributed by atoms with Crippen LogP contribution in [0.4, 0.5) is 5.69 Å². The van der Waals surface area contributed by atoms with Crippen LogP contribution < -0.4 is 14.8 Å². The molecule has 0 spiro atoms. The fourth-order valence-electron chi connectivity index (χ4n) is 3.89. The maximum Gasteiger partial charge on any atom is 0.241 e. The van der Waals surface area contributed by atoms with Crippen molar-refractivity contribution in [3.63, 3.8) is 0 Å². The molecule has 2 aromatic rings. The minimum Gasteiger partial charge on any atom is -0.497 e. The number of piperidine rings is 1. The fourth-order valence-corrected chi connectivity index (χ4v) is 3.89. The van der Waals surface area contributed by atoms with Crippen LogP contribution in [0.2, 0.25) is 0 Å². The summed E-state index contributed by atoms with van der Waals surface area (Å²) in [6.07, 6.45) is 3.30. The predicted molar refractivity (Wildman–Crippen MR) is 117 cm³/mol. The van der Waals surface area contributed by atoms with Crippen LogP contribution in [-0.2, 0) is 11.2 Å². The lowest BCUT2D eigenvalue weighted by Crippen LogP contribution is -2.46. The molecule has 2 aromatic carbocycles. The van der Waals surface area contributed by atoms with Gasteiger partial charge in [-0.05, 0) is 81.9 Å². The molecule has 3 rings (SSSR count). The van der Waals surface area contributed by atoms with Crippen molar-refractivity contribution < 1.29 is 14.3 Å². The highest BCUT2D eigenvalue weighted by atomic mass is 16.5. The lowest BCUT2D eigenvalue weighted by Gasteiger charge is -2.35. The number of likely N-dealkylation sites (tertiary alicyclic amines) is 1. The topological polar surface area (TPSA) is 50.8 Å². The lowest BCUT2D eigenvalue weighted by molar-refractivity contribution is -0.121. The molecule has 1 saturated heterocycles. The molecule has 1 unspecified atom stereocenters. The van der Waals surface area contributed by atoms with Crippen molar-refractivity contribution in [2.75, 3.05) is 32.1 Å². The number of para-hydroxylation sites is 2. The molecule has 1 heterocycles. The largest absolute Gasteiger partial charge is 0.497 e. The molecule has 0 aliphatic carbocycles. The Balaban J connectivity index is 1.50. The molecule has 5 heteroatoms. The zero-order chi connectivity index (χ0) is 20.6. The van der Waals surface area contributed by atoms with Gasteiger partial charge < -0.3 is 14.8 Å². The third kappa shape index (κ3) is 5.73. The summed E-state index contributed by atoms with van der Waals surface area (Å²) in [7, 11) is 1.69. The molecular formula is C24H32N2O3. The third-order valence-corrected chi connectivity index (χ3v) is 5.70. The number of nitrogens with one attached hydrogen (secondary N) is 1. The summed E-state index contributed by atoms with van der Waals surface area (Å²) in [5, 5.41) is 3.04. The van der Waals surface area contributed by atoms with Crippen molar-refractivity contribution in [3.05, 3.63) is 54.1 Å². The number of carbonyl (C=O) groups excluding carboxylic acids is 1. The number of nitrogens with zero attached hydrogens (tertiary/aromatic N) is 1. The van der Waals surface area contributed by atoms with Gasteiger partial charge in [0.25, 0.3) is 0 Å². The van der Waals surface area contributed by atoms with Crippen LogP contribution in [0.15, 0.2) is 48.5 Å². The van der Waals surface area contributed by atoms with Crippen molar-refractivity contribution in [2.24, 2.45) is 5.92 Å². The van der Waals surface area contributed by atoms with E-state index < -0.39 is 0 Å². The summed E-state index contributed by atoms with van der Waals surface area (Å²) >= 11 is 0. The molecule has 1 fully saturated rings. The Morgan fingerprint density at radius 2 is 1.83 bits per heavy atom. The quantitative estimate of drug-likeness (QED) is 0.720. The van der Waals surface area contributed by atoms with Crippen LogP contribution in [0.1, 0.15) is 32.3 Å². The van der Waals surface area contributed by atoms with E-state index in [1.807, 2.05) is 50.2 Å². The number of benzene rings is 2. The highest BCUT2D eigenvalue weighted by Gasteiger charge is 2.27. The lowest BCUT2D eigenvalue weighted by atomic mass is 9.89. The first kappa shape index (κ1) is 21.2. The second-order valence-electron chi connectivity index (χ2n) is 7.63. The Hall–Kier alpha value is -2.53. The summed E-state index contributed by atoms with van der Waals surface area (Å²) in [4.78, 5) is 15.1. The van der Waals surface area contributed by atoms with Gasteiger partial charge in [0.2, 0.25) is 5.91 Å². The maximum atomic E-state index is 12.8. The van der Waals surface area contributed by atoms with Gasteiger partial charge in [0, 0.05) is 0 Å². The Morgan fingerprint density at radius 3 is 2.48 bits per heavy atom. The van der Waals surface area contributed by atoms with E-state index in [2.05, 4.69) is 22.3 Å². The molecule has 1 aliphatic rings. The molecule has 1 aliphatic heterocycles. The third-order valence-electron chi connectivity index (χ3n) is 5.70. The summed E-state index contributed by atoms with van der Waals surface area (Å²) in [5.41, 5.74) is 2.09. The van der Waals surface area contributed by atoms with Crippen molar-refractivity contribution in [2.45, 2.75) is 39.2 Å². The number of methoxy groups -OCH3 is 1. The average Bonchev–Trinajstić information content (AvgIpc) is 2.76. The zero-order valence-corrected chi connectivity index (χ0v) is 17.7. The Bertz CT molecular complexity index is 783. The van der Waals surface area contributed by atoms with E-state index in [4.69, 9.17) is 9.47 Å². The van der Waals surface area contributed by atoms with Crippen LogP contribution in [0.3, 0.4) is 0 Å². The van der Waals surface area contributed by atoms with E-state index in [0.717, 1.165) is 43.8 Å². The van der Waals surface area contributed by atoms with Crippen molar-refractivity contribution in [3.8, 4) is 11.5 Å². The van der Waals surface area contributed by atoms with Gasteiger partial charge in [-0.25, -0.2) is 0 Å². The second kappa shape index (κ2) is 10.3. The first-order valence-electron chi connectivity index (χ1n) is 10.5. The minimum atomic E-state index is -0.161. The van der Waals surface area contributed by atoms with E-state index in [9.17, 15) is 4.79 Å². The van der Waals surface area contributed by atoms with Gasteiger partial charge >= 0.3 is 0 Å². The first-order valence-corrected chi connectivity index (χ1v) is 10.5. The number of anilines is 1. The van der Waals surface area contributed by atoms with Crippen LogP contribution in [0, 0.1) is 5.92 Å². The molecule has 1 N–H and O–H groups in total. The van der Waals surface area contributed by atoms with E-state index in [1.54, 1.807) is 7.11 Å². The number of hydrogen-bond acceptors (Lipinski definition) is 4. The van der Waals surface area contributed by atoms with Crippen LogP contribution >= 0.6 is 0 Å². The molecule has 0 bridgehead atoms. The highest BCUT2D eigenvalue weighted by Crippen LogP contribution is 2.26. The number of ether oxygens (including phenoxy) is 2. The molecule has 0 aromatic heterocycles. The monoisotopic (exact) mass is 396 g/mol. The number of hydrogen-bond donors (Lipinski definition) is 1. The molecule has 0 radical (unpaired) electrons. The van der Waals surface area contributed by atoms with Gasteiger partial charge in [0.15, 0.2) is 0 Å². The second-order valence-corrected chi connectivity index (χ2v) is 7.63. The van der Waals surface area contributed by atoms with Crippen LogP contribution in [-0.4, -0.2) is 43.7 Å². The zero-order valence-electron chi connectivity index (χ0n) is 17.7. The maximum absolute atomic E-state index is 12.8. The van der Waals surface area contributed by atoms with Gasteiger partial charge in [-0.1, -0.05) is 24.3 Å². The first-order chi connectivity index (χ1) is 14.1. The van der Waals surface area contributed by atoms with Crippen LogP contribution in [0.25, 0.3) is 0 Å². The number of rotatable bonds is 8. The fraction of sp³-hybridized carbons (Fsp3) is 0.458. The van der Waals surface area contributed by atoms with E-state index >= 15 is 0 Å². The Kier molecular flexibility index (Phi) is 7.53. The molecular weight excluding hydrogens is 364 g/mol. The van der Waals surface area contributed by atoms with Crippen molar-refractivity contribution >= 4 is 11.6 Å². The smallest absolute Gasteiger partial charge is 0.241 e. The number of carbonyl (C=O) groups is 1. The molecule has 1 atom stereocenters. The Labute approximate surface area is 174 Å². The van der Waals surface area contributed by atoms with Gasteiger partial charge in [-0.3, -0.25) is 9.69 Å². The number of amides is 1. The molecule has 1 amide bonds. The van der Waals surface area contributed by atoms with Crippen molar-refractivity contribution in [1.29, 1.82) is 0 Å². The summed E-state index contributed by atoms with van der Waals surface area (Å²) in [6.45, 7) is 6.40. The van der Waals surface area contributed by atoms with E-state index in [-0.39, 0.29) is 11.9 Å². The SMILES string of the molecule is CCOc1ccccc1NC(=O)C(C)N1CCC(Cc2ccc(OC)cc2)CC1. The highest BCUT2D eigenvalue weighted by molar-refractivity contribution is 5.95. The molecule has 156 valence electrons. The summed E-state index contributed by atoms with van der Waals surface area (Å²) in [6, 6.07) is 15.8. The summed E-state index contributed by atoms with van der Waals surface area (Å²) < 4.78 is 10.8. The predicted octanol–water partition coefficient (Wildman–Crippen LogP) is 4.38. The molecule has 5 nitrogen and oxygen atoms in total. The van der Waals surface area contributed by atoms with E-state index in [1.165, 1.54) is 5.56 Å². The molecule has 0 saturated carbocycles. The normalized spacial score (nSPS) is 16.2.